The highest BCUT2D eigenvalue weighted by molar-refractivity contribution is 6.03. The Kier molecular flexibility index (Phi) is 6.12. The minimum atomic E-state index is -0.120. The van der Waals surface area contributed by atoms with Crippen molar-refractivity contribution in [2.75, 3.05) is 24.1 Å². The molecular formula is C22H27N3O2. The van der Waals surface area contributed by atoms with E-state index < -0.39 is 0 Å². The van der Waals surface area contributed by atoms with Gasteiger partial charge in [0.05, 0.1) is 11.3 Å². The number of nitrogen functional groups attached to an aromatic ring is 1. The molecule has 0 bridgehead atoms. The average Bonchev–Trinajstić information content (AvgIpc) is 2.68. The third-order valence-corrected chi connectivity index (χ3v) is 5.18. The predicted molar refractivity (Wildman–Crippen MR) is 109 cm³/mol. The fourth-order valence-electron chi connectivity index (χ4n) is 3.38. The molecule has 1 aliphatic rings. The lowest BCUT2D eigenvalue weighted by atomic mass is 9.98. The molecule has 142 valence electrons. The standard InChI is InChI=1S/C22H27N3O2/c1-16-12-14-25(15-13-16)22(27)18-7-3-5-9-20(18)24-21(26)11-10-17-6-2-4-8-19(17)23/h2-9,16H,10-15,23H2,1H3,(H,24,26). The number of para-hydroxylation sites is 2. The zero-order valence-corrected chi connectivity index (χ0v) is 15.8. The molecular weight excluding hydrogens is 338 g/mol. The van der Waals surface area contributed by atoms with Crippen LogP contribution >= 0.6 is 0 Å². The summed E-state index contributed by atoms with van der Waals surface area (Å²) in [5.41, 5.74) is 8.72. The Morgan fingerprint density at radius 3 is 2.48 bits per heavy atom. The quantitative estimate of drug-likeness (QED) is 0.793. The Labute approximate surface area is 160 Å². The maximum Gasteiger partial charge on any atom is 0.255 e. The lowest BCUT2D eigenvalue weighted by Crippen LogP contribution is -2.38. The van der Waals surface area contributed by atoms with Crippen molar-refractivity contribution in [2.45, 2.75) is 32.6 Å². The van der Waals surface area contributed by atoms with Gasteiger partial charge in [-0.25, -0.2) is 0 Å². The predicted octanol–water partition coefficient (Wildman–Crippen LogP) is 3.71. The average molecular weight is 365 g/mol. The smallest absolute Gasteiger partial charge is 0.255 e. The Balaban J connectivity index is 1.64. The van der Waals surface area contributed by atoms with E-state index in [9.17, 15) is 9.59 Å². The Morgan fingerprint density at radius 2 is 1.74 bits per heavy atom. The first-order valence-electron chi connectivity index (χ1n) is 9.56. The van der Waals surface area contributed by atoms with Gasteiger partial charge in [0.1, 0.15) is 0 Å². The molecule has 3 rings (SSSR count). The molecule has 1 heterocycles. The van der Waals surface area contributed by atoms with Crippen LogP contribution < -0.4 is 11.1 Å². The summed E-state index contributed by atoms with van der Waals surface area (Å²) in [6.07, 6.45) is 2.94. The Bertz CT molecular complexity index is 811. The maximum absolute atomic E-state index is 12.9. The van der Waals surface area contributed by atoms with Crippen molar-refractivity contribution in [3.63, 3.8) is 0 Å². The summed E-state index contributed by atoms with van der Waals surface area (Å²) >= 11 is 0. The fourth-order valence-corrected chi connectivity index (χ4v) is 3.38. The summed E-state index contributed by atoms with van der Waals surface area (Å²) in [4.78, 5) is 27.2. The van der Waals surface area contributed by atoms with Crippen molar-refractivity contribution in [3.05, 3.63) is 59.7 Å². The Hall–Kier alpha value is -2.82. The molecule has 1 saturated heterocycles. The maximum atomic E-state index is 12.9. The van der Waals surface area contributed by atoms with E-state index in [1.807, 2.05) is 41.3 Å². The van der Waals surface area contributed by atoms with Crippen LogP contribution in [-0.2, 0) is 11.2 Å². The van der Waals surface area contributed by atoms with Crippen LogP contribution in [0.3, 0.4) is 0 Å². The molecule has 0 radical (unpaired) electrons. The highest BCUT2D eigenvalue weighted by Gasteiger charge is 2.23. The first-order valence-corrected chi connectivity index (χ1v) is 9.56. The molecule has 27 heavy (non-hydrogen) atoms. The van der Waals surface area contributed by atoms with Crippen molar-refractivity contribution in [1.29, 1.82) is 0 Å². The summed E-state index contributed by atoms with van der Waals surface area (Å²) in [7, 11) is 0. The van der Waals surface area contributed by atoms with Crippen molar-refractivity contribution in [3.8, 4) is 0 Å². The third-order valence-electron chi connectivity index (χ3n) is 5.18. The van der Waals surface area contributed by atoms with Gasteiger partial charge in [-0.3, -0.25) is 9.59 Å². The number of nitrogens with zero attached hydrogens (tertiary/aromatic N) is 1. The summed E-state index contributed by atoms with van der Waals surface area (Å²) in [6.45, 7) is 3.76. The van der Waals surface area contributed by atoms with E-state index in [1.54, 1.807) is 12.1 Å². The normalized spacial score (nSPS) is 14.8. The SMILES string of the molecule is CC1CCN(C(=O)c2ccccc2NC(=O)CCc2ccccc2N)CC1. The molecule has 0 spiro atoms. The highest BCUT2D eigenvalue weighted by atomic mass is 16.2. The van der Waals surface area contributed by atoms with Crippen molar-refractivity contribution >= 4 is 23.2 Å². The van der Waals surface area contributed by atoms with Crippen LogP contribution in [-0.4, -0.2) is 29.8 Å². The van der Waals surface area contributed by atoms with E-state index in [0.29, 0.717) is 35.7 Å². The third kappa shape index (κ3) is 4.88. The molecule has 2 amide bonds. The molecule has 2 aromatic carbocycles. The molecule has 3 N–H and O–H groups in total. The number of carbonyl (C=O) groups is 2. The fraction of sp³-hybridized carbons (Fsp3) is 0.364. The van der Waals surface area contributed by atoms with E-state index in [2.05, 4.69) is 12.2 Å². The van der Waals surface area contributed by atoms with Crippen LogP contribution in [0, 0.1) is 5.92 Å². The molecule has 0 atom stereocenters. The molecule has 0 saturated carbocycles. The number of rotatable bonds is 5. The van der Waals surface area contributed by atoms with Gasteiger partial charge in [0.15, 0.2) is 0 Å². The van der Waals surface area contributed by atoms with Gasteiger partial charge in [0.25, 0.3) is 5.91 Å². The summed E-state index contributed by atoms with van der Waals surface area (Å²) in [5, 5.41) is 2.90. The van der Waals surface area contributed by atoms with Gasteiger partial charge < -0.3 is 16.0 Å². The van der Waals surface area contributed by atoms with E-state index >= 15 is 0 Å². The van der Waals surface area contributed by atoms with Crippen LogP contribution in [0.2, 0.25) is 0 Å². The van der Waals surface area contributed by atoms with E-state index in [0.717, 1.165) is 31.5 Å². The molecule has 0 aromatic heterocycles. The van der Waals surface area contributed by atoms with Crippen LogP contribution in [0.1, 0.15) is 42.1 Å². The van der Waals surface area contributed by atoms with E-state index in [-0.39, 0.29) is 11.8 Å². The molecule has 2 aromatic rings. The van der Waals surface area contributed by atoms with E-state index in [4.69, 9.17) is 5.73 Å². The zero-order chi connectivity index (χ0) is 19.2. The molecule has 1 fully saturated rings. The number of anilines is 2. The van der Waals surface area contributed by atoms with Gasteiger partial charge in [0, 0.05) is 25.2 Å². The number of hydrogen-bond donors (Lipinski definition) is 2. The second kappa shape index (κ2) is 8.71. The highest BCUT2D eigenvalue weighted by Crippen LogP contribution is 2.22. The first-order chi connectivity index (χ1) is 13.0. The topological polar surface area (TPSA) is 75.4 Å². The van der Waals surface area contributed by atoms with Gasteiger partial charge in [-0.1, -0.05) is 37.3 Å². The number of nitrogens with two attached hydrogens (primary N) is 1. The van der Waals surface area contributed by atoms with Gasteiger partial charge in [-0.15, -0.1) is 0 Å². The molecule has 1 aliphatic heterocycles. The van der Waals surface area contributed by atoms with Gasteiger partial charge in [-0.05, 0) is 48.9 Å². The summed E-state index contributed by atoms with van der Waals surface area (Å²) < 4.78 is 0. The van der Waals surface area contributed by atoms with Crippen molar-refractivity contribution < 1.29 is 9.59 Å². The second-order valence-corrected chi connectivity index (χ2v) is 7.27. The van der Waals surface area contributed by atoms with Crippen molar-refractivity contribution in [1.82, 2.24) is 4.90 Å². The number of amides is 2. The zero-order valence-electron chi connectivity index (χ0n) is 15.8. The number of aryl methyl sites for hydroxylation is 1. The molecule has 5 nitrogen and oxygen atoms in total. The second-order valence-electron chi connectivity index (χ2n) is 7.27. The Morgan fingerprint density at radius 1 is 1.07 bits per heavy atom. The van der Waals surface area contributed by atoms with Gasteiger partial charge in [0.2, 0.25) is 5.91 Å². The summed E-state index contributed by atoms with van der Waals surface area (Å²) in [6, 6.07) is 14.8. The van der Waals surface area contributed by atoms with Crippen LogP contribution in [0.25, 0.3) is 0 Å². The molecule has 0 unspecified atom stereocenters. The largest absolute Gasteiger partial charge is 0.399 e. The number of hydrogen-bond acceptors (Lipinski definition) is 3. The minimum Gasteiger partial charge on any atom is -0.399 e. The number of piperidine rings is 1. The molecule has 5 heteroatoms. The van der Waals surface area contributed by atoms with Crippen LogP contribution in [0.4, 0.5) is 11.4 Å². The first kappa shape index (κ1) is 19.0. The number of benzene rings is 2. The number of likely N-dealkylation sites (tertiary alicyclic amines) is 1. The minimum absolute atomic E-state index is 0.00916. The number of carbonyl (C=O) groups excluding carboxylic acids is 2. The van der Waals surface area contributed by atoms with Gasteiger partial charge in [-0.2, -0.15) is 0 Å². The monoisotopic (exact) mass is 365 g/mol. The lowest BCUT2D eigenvalue weighted by molar-refractivity contribution is -0.116. The lowest BCUT2D eigenvalue weighted by Gasteiger charge is -2.30. The van der Waals surface area contributed by atoms with Gasteiger partial charge >= 0.3 is 0 Å². The number of nitrogens with one attached hydrogen (secondary N) is 1. The molecule has 0 aliphatic carbocycles. The van der Waals surface area contributed by atoms with Crippen LogP contribution in [0.15, 0.2) is 48.5 Å². The van der Waals surface area contributed by atoms with Crippen molar-refractivity contribution in [2.24, 2.45) is 5.92 Å². The van der Waals surface area contributed by atoms with Crippen LogP contribution in [0.5, 0.6) is 0 Å². The summed E-state index contributed by atoms with van der Waals surface area (Å²) in [5.74, 6) is 0.533. The van der Waals surface area contributed by atoms with E-state index in [1.165, 1.54) is 0 Å².